The Labute approximate surface area is 90.1 Å². The zero-order valence-corrected chi connectivity index (χ0v) is 9.97. The molecule has 0 heteroatoms. The highest BCUT2D eigenvalue weighted by molar-refractivity contribution is 4.77. The zero-order valence-electron chi connectivity index (χ0n) is 9.97. The van der Waals surface area contributed by atoms with Gasteiger partial charge in [0.25, 0.3) is 0 Å². The fourth-order valence-corrected chi connectivity index (χ4v) is 1.56. The largest absolute Gasteiger partial charge is 0.0917 e. The maximum absolute atomic E-state index is 2.27. The molecule has 0 aliphatic carbocycles. The first kappa shape index (κ1) is 13.5. The van der Waals surface area contributed by atoms with Crippen LogP contribution in [-0.2, 0) is 0 Å². The average Bonchev–Trinajstić information content (AvgIpc) is 2.21. The van der Waals surface area contributed by atoms with Gasteiger partial charge in [-0.1, -0.05) is 50.0 Å². The second-order valence-corrected chi connectivity index (χ2v) is 3.84. The molecule has 0 aromatic carbocycles. The lowest BCUT2D eigenvalue weighted by Crippen LogP contribution is -1.79. The Hall–Kier alpha value is -0.520. The van der Waals surface area contributed by atoms with Crippen molar-refractivity contribution in [3.63, 3.8) is 0 Å². The highest BCUT2D eigenvalue weighted by Crippen LogP contribution is 2.08. The smallest absolute Gasteiger partial charge is 0.0351 e. The summed E-state index contributed by atoms with van der Waals surface area (Å²) in [6, 6.07) is 0. The van der Waals surface area contributed by atoms with Crippen molar-refractivity contribution in [2.75, 3.05) is 0 Å². The topological polar surface area (TPSA) is 0 Å². The fraction of sp³-hybridized carbons (Fsp3) is 0.714. The molecule has 0 rings (SSSR count). The molecule has 0 amide bonds. The van der Waals surface area contributed by atoms with E-state index in [1.807, 2.05) is 0 Å². The summed E-state index contributed by atoms with van der Waals surface area (Å²) in [6.45, 7) is 4.20. The van der Waals surface area contributed by atoms with Gasteiger partial charge in [0, 0.05) is 0 Å². The van der Waals surface area contributed by atoms with Gasteiger partial charge in [-0.3, -0.25) is 0 Å². The summed E-state index contributed by atoms with van der Waals surface area (Å²) in [5, 5.41) is 0. The Morgan fingerprint density at radius 3 is 1.29 bits per heavy atom. The summed E-state index contributed by atoms with van der Waals surface area (Å²) in [5.74, 6) is 0. The van der Waals surface area contributed by atoms with Crippen molar-refractivity contribution in [1.29, 1.82) is 0 Å². The van der Waals surface area contributed by atoms with E-state index in [0.29, 0.717) is 0 Å². The van der Waals surface area contributed by atoms with Crippen LogP contribution in [0.5, 0.6) is 0 Å². The third kappa shape index (κ3) is 11.5. The molecule has 0 saturated heterocycles. The lowest BCUT2D eigenvalue weighted by Gasteiger charge is -1.98. The highest BCUT2D eigenvalue weighted by Gasteiger charge is 1.89. The van der Waals surface area contributed by atoms with Gasteiger partial charge in [0.05, 0.1) is 0 Å². The van der Waals surface area contributed by atoms with Gasteiger partial charge in [-0.2, -0.15) is 0 Å². The summed E-state index contributed by atoms with van der Waals surface area (Å²) in [5.41, 5.74) is 0. The van der Waals surface area contributed by atoms with Crippen LogP contribution in [0.2, 0.25) is 0 Å². The van der Waals surface area contributed by atoms with Crippen molar-refractivity contribution in [1.82, 2.24) is 0 Å². The number of allylic oxidation sites excluding steroid dienone is 4. The Kier molecular flexibility index (Phi) is 12.0. The van der Waals surface area contributed by atoms with Gasteiger partial charge in [0.2, 0.25) is 0 Å². The van der Waals surface area contributed by atoms with Crippen molar-refractivity contribution in [3.8, 4) is 0 Å². The van der Waals surface area contributed by atoms with Crippen LogP contribution in [0.4, 0.5) is 0 Å². The molecule has 0 saturated carbocycles. The standard InChI is InChI=1S/C14H26/c1-3-5-7-9-11-13-14-12-10-8-6-4-2/h3-6H,7-14H2,1-2H3. The van der Waals surface area contributed by atoms with Crippen LogP contribution in [0.1, 0.15) is 65.2 Å². The Morgan fingerprint density at radius 1 is 0.571 bits per heavy atom. The van der Waals surface area contributed by atoms with Gasteiger partial charge in [-0.05, 0) is 39.5 Å². The molecule has 82 valence electrons. The van der Waals surface area contributed by atoms with Gasteiger partial charge in [-0.25, -0.2) is 0 Å². The molecule has 0 radical (unpaired) electrons. The van der Waals surface area contributed by atoms with Gasteiger partial charge < -0.3 is 0 Å². The number of hydrogen-bond donors (Lipinski definition) is 0. The molecule has 0 aromatic heterocycles. The molecular weight excluding hydrogens is 168 g/mol. The molecule has 0 fully saturated rings. The van der Waals surface area contributed by atoms with Crippen molar-refractivity contribution < 1.29 is 0 Å². The van der Waals surface area contributed by atoms with E-state index < -0.39 is 0 Å². The van der Waals surface area contributed by atoms with E-state index in [0.717, 1.165) is 0 Å². The number of hydrogen-bond acceptors (Lipinski definition) is 0. The van der Waals surface area contributed by atoms with E-state index in [-0.39, 0.29) is 0 Å². The second-order valence-electron chi connectivity index (χ2n) is 3.84. The van der Waals surface area contributed by atoms with Crippen molar-refractivity contribution in [2.45, 2.75) is 65.2 Å². The summed E-state index contributed by atoms with van der Waals surface area (Å²) >= 11 is 0. The minimum atomic E-state index is 1.27. The highest BCUT2D eigenvalue weighted by atomic mass is 14.0. The number of rotatable bonds is 9. The van der Waals surface area contributed by atoms with Crippen LogP contribution >= 0.6 is 0 Å². The normalized spacial score (nSPS) is 11.9. The minimum absolute atomic E-state index is 1.27. The van der Waals surface area contributed by atoms with Gasteiger partial charge in [0.1, 0.15) is 0 Å². The van der Waals surface area contributed by atoms with Crippen LogP contribution in [-0.4, -0.2) is 0 Å². The van der Waals surface area contributed by atoms with E-state index in [1.165, 1.54) is 51.4 Å². The average molecular weight is 194 g/mol. The minimum Gasteiger partial charge on any atom is -0.0917 e. The maximum atomic E-state index is 2.27. The molecule has 0 nitrogen and oxygen atoms in total. The Balaban J connectivity index is 2.92. The van der Waals surface area contributed by atoms with E-state index >= 15 is 0 Å². The molecule has 14 heavy (non-hydrogen) atoms. The number of unbranched alkanes of at least 4 members (excludes halogenated alkanes) is 7. The zero-order chi connectivity index (χ0) is 10.5. The molecule has 0 aliphatic heterocycles. The van der Waals surface area contributed by atoms with Crippen molar-refractivity contribution in [3.05, 3.63) is 24.3 Å². The lowest BCUT2D eigenvalue weighted by atomic mass is 10.1. The molecule has 0 N–H and O–H groups in total. The van der Waals surface area contributed by atoms with Crippen molar-refractivity contribution in [2.24, 2.45) is 0 Å². The fourth-order valence-electron chi connectivity index (χ4n) is 1.56. The van der Waals surface area contributed by atoms with Crippen LogP contribution in [0.3, 0.4) is 0 Å². The quantitative estimate of drug-likeness (QED) is 0.347. The van der Waals surface area contributed by atoms with E-state index in [1.54, 1.807) is 0 Å². The lowest BCUT2D eigenvalue weighted by molar-refractivity contribution is 0.600. The molecule has 0 unspecified atom stereocenters. The predicted molar refractivity (Wildman–Crippen MR) is 66.6 cm³/mol. The van der Waals surface area contributed by atoms with Crippen LogP contribution in [0, 0.1) is 0 Å². The summed E-state index contributed by atoms with van der Waals surface area (Å²) in [4.78, 5) is 0. The van der Waals surface area contributed by atoms with Crippen LogP contribution in [0.25, 0.3) is 0 Å². The third-order valence-electron chi connectivity index (χ3n) is 2.46. The maximum Gasteiger partial charge on any atom is -0.0351 e. The summed E-state index contributed by atoms with van der Waals surface area (Å²) in [6.07, 6.45) is 19.8. The SMILES string of the molecule is CC=CCCCCCCCCC=CC. The first-order chi connectivity index (χ1) is 6.91. The monoisotopic (exact) mass is 194 g/mol. The first-order valence-electron chi connectivity index (χ1n) is 6.14. The van der Waals surface area contributed by atoms with Gasteiger partial charge in [-0.15, -0.1) is 0 Å². The molecule has 0 heterocycles. The van der Waals surface area contributed by atoms with E-state index in [9.17, 15) is 0 Å². The van der Waals surface area contributed by atoms with Crippen molar-refractivity contribution >= 4 is 0 Å². The predicted octanol–water partition coefficient (Wildman–Crippen LogP) is 5.26. The summed E-state index contributed by atoms with van der Waals surface area (Å²) < 4.78 is 0. The van der Waals surface area contributed by atoms with Gasteiger partial charge >= 0.3 is 0 Å². The third-order valence-corrected chi connectivity index (χ3v) is 2.46. The van der Waals surface area contributed by atoms with E-state index in [4.69, 9.17) is 0 Å². The Bertz CT molecular complexity index is 124. The molecule has 0 bridgehead atoms. The first-order valence-corrected chi connectivity index (χ1v) is 6.14. The molecule has 0 spiro atoms. The van der Waals surface area contributed by atoms with Crippen LogP contribution in [0.15, 0.2) is 24.3 Å². The van der Waals surface area contributed by atoms with Gasteiger partial charge in [0.15, 0.2) is 0 Å². The molecular formula is C14H26. The van der Waals surface area contributed by atoms with E-state index in [2.05, 4.69) is 38.2 Å². The molecule has 0 aromatic rings. The second kappa shape index (κ2) is 12.5. The summed E-state index contributed by atoms with van der Waals surface area (Å²) in [7, 11) is 0. The Morgan fingerprint density at radius 2 is 0.929 bits per heavy atom. The van der Waals surface area contributed by atoms with Crippen LogP contribution < -0.4 is 0 Å². The molecule has 0 atom stereocenters. The molecule has 0 aliphatic rings.